The Labute approximate surface area is 132 Å². The van der Waals surface area contributed by atoms with E-state index in [-0.39, 0.29) is 0 Å². The maximum atomic E-state index is 4.73. The molecule has 0 saturated heterocycles. The molecule has 0 aliphatic rings. The first-order valence-electron chi connectivity index (χ1n) is 7.45. The van der Waals surface area contributed by atoms with Crippen LogP contribution in [0, 0.1) is 0 Å². The van der Waals surface area contributed by atoms with Crippen LogP contribution in [0.1, 0.15) is 18.9 Å². The lowest BCUT2D eigenvalue weighted by atomic mass is 10.1. The zero-order valence-corrected chi connectivity index (χ0v) is 14.2. The number of aromatic nitrogens is 1. The number of hydrogen-bond acceptors (Lipinski definition) is 4. The molecular weight excluding hydrogens is 278 g/mol. The van der Waals surface area contributed by atoms with E-state index in [9.17, 15) is 0 Å². The quantitative estimate of drug-likeness (QED) is 0.841. The van der Waals surface area contributed by atoms with Gasteiger partial charge in [-0.1, -0.05) is 25.1 Å². The van der Waals surface area contributed by atoms with Gasteiger partial charge in [-0.05, 0) is 31.9 Å². The smallest absolute Gasteiger partial charge is 0.130 e. The average Bonchev–Trinajstić information content (AvgIpc) is 2.51. The minimum absolute atomic E-state index is 0.608. The number of para-hydroxylation sites is 1. The molecule has 1 unspecified atom stereocenters. The van der Waals surface area contributed by atoms with Gasteiger partial charge < -0.3 is 5.32 Å². The van der Waals surface area contributed by atoms with Crippen LogP contribution in [0.15, 0.2) is 30.3 Å². The summed E-state index contributed by atoms with van der Waals surface area (Å²) in [6.45, 7) is 3.18. The molecule has 0 spiro atoms. The second-order valence-electron chi connectivity index (χ2n) is 5.37. The van der Waals surface area contributed by atoms with Crippen LogP contribution in [-0.2, 0) is 6.54 Å². The number of benzene rings is 1. The molecule has 4 heteroatoms. The van der Waals surface area contributed by atoms with Crippen molar-refractivity contribution in [3.8, 4) is 0 Å². The van der Waals surface area contributed by atoms with Gasteiger partial charge >= 0.3 is 0 Å². The molecule has 1 aromatic heterocycles. The van der Waals surface area contributed by atoms with Crippen LogP contribution in [0.4, 0.5) is 5.82 Å². The van der Waals surface area contributed by atoms with Crippen molar-refractivity contribution in [3.05, 3.63) is 35.9 Å². The van der Waals surface area contributed by atoms with E-state index >= 15 is 0 Å². The van der Waals surface area contributed by atoms with E-state index in [2.05, 4.69) is 54.7 Å². The minimum atomic E-state index is 0.608. The molecule has 114 valence electrons. The summed E-state index contributed by atoms with van der Waals surface area (Å²) < 4.78 is 0. The van der Waals surface area contributed by atoms with Crippen molar-refractivity contribution < 1.29 is 0 Å². The van der Waals surface area contributed by atoms with E-state index < -0.39 is 0 Å². The molecule has 1 heterocycles. The van der Waals surface area contributed by atoms with E-state index in [0.29, 0.717) is 6.04 Å². The van der Waals surface area contributed by atoms with Gasteiger partial charge in [0.1, 0.15) is 5.82 Å². The molecule has 0 radical (unpaired) electrons. The molecule has 0 aliphatic heterocycles. The molecular formula is C17H25N3S. The molecule has 0 saturated carbocycles. The molecule has 1 N–H and O–H groups in total. The van der Waals surface area contributed by atoms with Crippen LogP contribution >= 0.6 is 11.8 Å². The van der Waals surface area contributed by atoms with E-state index in [1.165, 1.54) is 23.1 Å². The van der Waals surface area contributed by atoms with Crippen molar-refractivity contribution in [1.82, 2.24) is 9.88 Å². The predicted molar refractivity (Wildman–Crippen MR) is 95.2 cm³/mol. The molecule has 0 aliphatic carbocycles. The van der Waals surface area contributed by atoms with Crippen LogP contribution in [0.25, 0.3) is 10.9 Å². The molecule has 21 heavy (non-hydrogen) atoms. The molecule has 0 fully saturated rings. The highest BCUT2D eigenvalue weighted by Gasteiger charge is 2.15. The number of pyridine rings is 1. The lowest BCUT2D eigenvalue weighted by Gasteiger charge is -2.27. The van der Waals surface area contributed by atoms with E-state index in [4.69, 9.17) is 4.98 Å². The fourth-order valence-corrected chi connectivity index (χ4v) is 3.52. The molecule has 0 bridgehead atoms. The van der Waals surface area contributed by atoms with Gasteiger partial charge in [0.05, 0.1) is 5.52 Å². The molecule has 0 amide bonds. The third-order valence-electron chi connectivity index (χ3n) is 3.91. The Morgan fingerprint density at radius 2 is 2.10 bits per heavy atom. The van der Waals surface area contributed by atoms with Crippen molar-refractivity contribution >= 4 is 28.5 Å². The maximum Gasteiger partial charge on any atom is 0.130 e. The Balaban J connectivity index is 2.27. The normalized spacial score (nSPS) is 12.8. The second kappa shape index (κ2) is 7.66. The van der Waals surface area contributed by atoms with Crippen molar-refractivity contribution in [2.75, 3.05) is 31.4 Å². The summed E-state index contributed by atoms with van der Waals surface area (Å²) in [6, 6.07) is 11.2. The first kappa shape index (κ1) is 16.1. The van der Waals surface area contributed by atoms with Crippen molar-refractivity contribution in [3.63, 3.8) is 0 Å². The molecule has 3 nitrogen and oxygen atoms in total. The zero-order chi connectivity index (χ0) is 15.2. The maximum absolute atomic E-state index is 4.73. The molecule has 1 atom stereocenters. The summed E-state index contributed by atoms with van der Waals surface area (Å²) in [5, 5.41) is 4.45. The van der Waals surface area contributed by atoms with Gasteiger partial charge in [0.25, 0.3) is 0 Å². The Hall–Kier alpha value is -1.26. The van der Waals surface area contributed by atoms with Gasteiger partial charge in [0, 0.05) is 36.3 Å². The standard InChI is InChI=1S/C17H25N3S/c1-5-15(12-21-4)20(3)11-14-10-13-8-6-7-9-16(13)19-17(14)18-2/h6-10,15H,5,11-12H2,1-4H3,(H,18,19). The Bertz CT molecular complexity index is 585. The highest BCUT2D eigenvalue weighted by Crippen LogP contribution is 2.22. The first-order valence-corrected chi connectivity index (χ1v) is 8.84. The Morgan fingerprint density at radius 1 is 1.33 bits per heavy atom. The van der Waals surface area contributed by atoms with Gasteiger partial charge in [-0.2, -0.15) is 11.8 Å². The lowest BCUT2D eigenvalue weighted by molar-refractivity contribution is 0.248. The van der Waals surface area contributed by atoms with E-state index in [1.807, 2.05) is 24.9 Å². The molecule has 2 rings (SSSR count). The predicted octanol–water partition coefficient (Wildman–Crippen LogP) is 3.85. The number of nitrogens with one attached hydrogen (secondary N) is 1. The Kier molecular flexibility index (Phi) is 5.88. The second-order valence-corrected chi connectivity index (χ2v) is 6.28. The third-order valence-corrected chi connectivity index (χ3v) is 4.63. The van der Waals surface area contributed by atoms with Crippen LogP contribution < -0.4 is 5.32 Å². The van der Waals surface area contributed by atoms with Gasteiger partial charge in [0.2, 0.25) is 0 Å². The summed E-state index contributed by atoms with van der Waals surface area (Å²) in [6.07, 6.45) is 3.35. The lowest BCUT2D eigenvalue weighted by Crippen LogP contribution is -2.33. The summed E-state index contributed by atoms with van der Waals surface area (Å²) >= 11 is 1.91. The fraction of sp³-hybridized carbons (Fsp3) is 0.471. The van der Waals surface area contributed by atoms with Crippen molar-refractivity contribution in [2.24, 2.45) is 0 Å². The SMILES string of the molecule is CCC(CSC)N(C)Cc1cc2ccccc2nc1NC. The van der Waals surface area contributed by atoms with Gasteiger partial charge in [-0.3, -0.25) is 4.90 Å². The number of fused-ring (bicyclic) bond motifs is 1. The third kappa shape index (κ3) is 3.89. The average molecular weight is 303 g/mol. The topological polar surface area (TPSA) is 28.2 Å². The monoisotopic (exact) mass is 303 g/mol. The highest BCUT2D eigenvalue weighted by molar-refractivity contribution is 7.98. The van der Waals surface area contributed by atoms with Gasteiger partial charge in [-0.25, -0.2) is 4.98 Å². The summed E-state index contributed by atoms with van der Waals surface area (Å²) in [5.74, 6) is 2.16. The number of anilines is 1. The summed E-state index contributed by atoms with van der Waals surface area (Å²) in [4.78, 5) is 7.17. The van der Waals surface area contributed by atoms with Crippen LogP contribution in [0.3, 0.4) is 0 Å². The molecule has 2 aromatic rings. The number of rotatable bonds is 7. The number of hydrogen-bond donors (Lipinski definition) is 1. The van der Waals surface area contributed by atoms with E-state index in [1.54, 1.807) is 0 Å². The molecule has 1 aromatic carbocycles. The zero-order valence-electron chi connectivity index (χ0n) is 13.4. The van der Waals surface area contributed by atoms with Crippen LogP contribution in [0.2, 0.25) is 0 Å². The Morgan fingerprint density at radius 3 is 2.76 bits per heavy atom. The minimum Gasteiger partial charge on any atom is -0.373 e. The largest absolute Gasteiger partial charge is 0.373 e. The highest BCUT2D eigenvalue weighted by atomic mass is 32.2. The first-order chi connectivity index (χ1) is 10.2. The summed E-state index contributed by atoms with van der Waals surface area (Å²) in [7, 11) is 4.15. The number of thioether (sulfide) groups is 1. The van der Waals surface area contributed by atoms with E-state index in [0.717, 1.165) is 17.9 Å². The van der Waals surface area contributed by atoms with Gasteiger partial charge in [0.15, 0.2) is 0 Å². The fourth-order valence-electron chi connectivity index (χ4n) is 2.64. The van der Waals surface area contributed by atoms with Gasteiger partial charge in [-0.15, -0.1) is 0 Å². The van der Waals surface area contributed by atoms with Crippen LogP contribution in [0.5, 0.6) is 0 Å². The number of nitrogens with zero attached hydrogens (tertiary/aromatic N) is 2. The van der Waals surface area contributed by atoms with Crippen LogP contribution in [-0.4, -0.2) is 42.0 Å². The summed E-state index contributed by atoms with van der Waals surface area (Å²) in [5.41, 5.74) is 2.31. The van der Waals surface area contributed by atoms with Crippen molar-refractivity contribution in [2.45, 2.75) is 25.9 Å². The van der Waals surface area contributed by atoms with Crippen molar-refractivity contribution in [1.29, 1.82) is 0 Å².